The molecule has 0 aliphatic heterocycles. The maximum absolute atomic E-state index is 12.0. The minimum atomic E-state index is -0.898. The number of halogens is 1. The van der Waals surface area contributed by atoms with E-state index in [1.54, 1.807) is 0 Å². The van der Waals surface area contributed by atoms with Gasteiger partial charge in [-0.3, -0.25) is 4.90 Å². The normalized spacial score (nSPS) is 18.5. The van der Waals surface area contributed by atoms with Crippen molar-refractivity contribution in [2.75, 3.05) is 29.2 Å². The van der Waals surface area contributed by atoms with Gasteiger partial charge in [-0.1, -0.05) is 34.1 Å². The zero-order valence-electron chi connectivity index (χ0n) is 17.8. The number of carbonyl (C=O) groups is 1. The van der Waals surface area contributed by atoms with Crippen molar-refractivity contribution in [1.29, 1.82) is 0 Å². The predicted octanol–water partition coefficient (Wildman–Crippen LogP) is 5.97. The summed E-state index contributed by atoms with van der Waals surface area (Å²) in [6.45, 7) is 0. The van der Waals surface area contributed by atoms with Crippen LogP contribution in [0, 0.1) is 0 Å². The van der Waals surface area contributed by atoms with Crippen LogP contribution >= 0.6 is 15.9 Å². The molecule has 0 bridgehead atoms. The topological polar surface area (TPSA) is 68.7 Å². The highest BCUT2D eigenvalue weighted by Crippen LogP contribution is 2.32. The Labute approximate surface area is 191 Å². The van der Waals surface area contributed by atoms with Crippen molar-refractivity contribution in [3.8, 4) is 0 Å². The lowest BCUT2D eigenvalue weighted by atomic mass is 9.90. The summed E-state index contributed by atoms with van der Waals surface area (Å²) in [5.41, 5.74) is 2.82. The molecule has 7 heteroatoms. The van der Waals surface area contributed by atoms with Gasteiger partial charge in [0.05, 0.1) is 5.52 Å². The summed E-state index contributed by atoms with van der Waals surface area (Å²) in [6, 6.07) is 18.0. The molecule has 0 radical (unpaired) electrons. The summed E-state index contributed by atoms with van der Waals surface area (Å²) in [4.78, 5) is 20.4. The Morgan fingerprint density at radius 3 is 2.39 bits per heavy atom. The summed E-state index contributed by atoms with van der Waals surface area (Å²) in [5.74, 6) is 0.869. The largest absolute Gasteiger partial charge is 0.465 e. The lowest BCUT2D eigenvalue weighted by Gasteiger charge is -2.35. The van der Waals surface area contributed by atoms with Crippen LogP contribution in [0.1, 0.15) is 25.7 Å². The number of aromatic nitrogens is 1. The molecule has 2 aromatic carbocycles. The van der Waals surface area contributed by atoms with Crippen molar-refractivity contribution in [3.63, 3.8) is 0 Å². The second-order valence-corrected chi connectivity index (χ2v) is 9.13. The molecule has 3 aromatic rings. The average Bonchev–Trinajstić information content (AvgIpc) is 2.75. The van der Waals surface area contributed by atoms with Gasteiger partial charge in [-0.25, -0.2) is 9.78 Å². The molecule has 2 N–H and O–H groups in total. The van der Waals surface area contributed by atoms with E-state index in [2.05, 4.69) is 38.3 Å². The van der Waals surface area contributed by atoms with Crippen LogP contribution in [0.5, 0.6) is 0 Å². The molecular weight excluding hydrogens is 456 g/mol. The molecule has 31 heavy (non-hydrogen) atoms. The summed E-state index contributed by atoms with van der Waals surface area (Å²) in [5, 5.41) is 14.5. The standard InChI is InChI=1S/C24H27BrN4O2/c1-28(2)22-15-23(27-21-6-4-3-5-20(21)22)26-17-9-13-19(14-10-17)29(24(30)31)18-11-7-16(25)8-12-18/h3-8,11-12,15,17,19H,9-10,13-14H2,1-2H3,(H,26,27)(H,30,31)/t17-,19+. The second-order valence-electron chi connectivity index (χ2n) is 8.22. The third-order valence-electron chi connectivity index (χ3n) is 5.90. The Morgan fingerprint density at radius 1 is 1.06 bits per heavy atom. The molecule has 6 nitrogen and oxygen atoms in total. The van der Waals surface area contributed by atoms with Gasteiger partial charge in [0.15, 0.2) is 0 Å². The van der Waals surface area contributed by atoms with Crippen LogP contribution < -0.4 is 15.1 Å². The molecule has 4 rings (SSSR count). The fourth-order valence-corrected chi connectivity index (χ4v) is 4.63. The summed E-state index contributed by atoms with van der Waals surface area (Å²) in [7, 11) is 4.08. The van der Waals surface area contributed by atoms with E-state index < -0.39 is 6.09 Å². The Kier molecular flexibility index (Phi) is 6.32. The molecule has 1 aromatic heterocycles. The highest BCUT2D eigenvalue weighted by molar-refractivity contribution is 9.10. The molecule has 1 heterocycles. The van der Waals surface area contributed by atoms with Gasteiger partial charge in [0.1, 0.15) is 5.82 Å². The molecule has 0 saturated heterocycles. The average molecular weight is 483 g/mol. The molecule has 1 aliphatic carbocycles. The highest BCUT2D eigenvalue weighted by Gasteiger charge is 2.30. The van der Waals surface area contributed by atoms with E-state index in [1.807, 2.05) is 56.6 Å². The lowest BCUT2D eigenvalue weighted by molar-refractivity contribution is 0.196. The zero-order valence-corrected chi connectivity index (χ0v) is 19.3. The zero-order chi connectivity index (χ0) is 22.0. The Balaban J connectivity index is 1.46. The van der Waals surface area contributed by atoms with Crippen molar-refractivity contribution >= 4 is 50.1 Å². The predicted molar refractivity (Wildman–Crippen MR) is 130 cm³/mol. The molecule has 1 saturated carbocycles. The number of fused-ring (bicyclic) bond motifs is 1. The van der Waals surface area contributed by atoms with Crippen LogP contribution in [-0.2, 0) is 0 Å². The van der Waals surface area contributed by atoms with Crippen LogP contribution in [0.2, 0.25) is 0 Å². The van der Waals surface area contributed by atoms with Gasteiger partial charge in [0.25, 0.3) is 0 Å². The van der Waals surface area contributed by atoms with Gasteiger partial charge in [-0.05, 0) is 56.0 Å². The van der Waals surface area contributed by atoms with Crippen molar-refractivity contribution in [1.82, 2.24) is 4.98 Å². The number of benzene rings is 2. The quantitative estimate of drug-likeness (QED) is 0.468. The van der Waals surface area contributed by atoms with Crippen LogP contribution in [0.3, 0.4) is 0 Å². The number of amides is 1. The summed E-state index contributed by atoms with van der Waals surface area (Å²) < 4.78 is 0.939. The first-order valence-electron chi connectivity index (χ1n) is 10.5. The van der Waals surface area contributed by atoms with Crippen LogP contribution in [0.25, 0.3) is 10.9 Å². The molecule has 1 amide bonds. The number of nitrogens with zero attached hydrogens (tertiary/aromatic N) is 3. The molecule has 0 atom stereocenters. The minimum absolute atomic E-state index is 0.0152. The first-order chi connectivity index (χ1) is 14.9. The van der Waals surface area contributed by atoms with Gasteiger partial charge in [0, 0.05) is 53.5 Å². The van der Waals surface area contributed by atoms with Gasteiger partial charge in [-0.15, -0.1) is 0 Å². The van der Waals surface area contributed by atoms with Crippen LogP contribution in [0.4, 0.5) is 22.0 Å². The maximum atomic E-state index is 12.0. The minimum Gasteiger partial charge on any atom is -0.465 e. The lowest BCUT2D eigenvalue weighted by Crippen LogP contribution is -2.43. The number of para-hydroxylation sites is 1. The first kappa shape index (κ1) is 21.4. The van der Waals surface area contributed by atoms with Crippen molar-refractivity contribution in [2.24, 2.45) is 0 Å². The fraction of sp³-hybridized carbons (Fsp3) is 0.333. The van der Waals surface area contributed by atoms with E-state index in [1.165, 1.54) is 4.90 Å². The molecule has 0 spiro atoms. The van der Waals surface area contributed by atoms with E-state index in [0.717, 1.165) is 58.3 Å². The number of anilines is 3. The molecule has 1 fully saturated rings. The molecule has 162 valence electrons. The Morgan fingerprint density at radius 2 is 1.74 bits per heavy atom. The van der Waals surface area contributed by atoms with Gasteiger partial charge < -0.3 is 15.3 Å². The number of carboxylic acid groups (broad SMARTS) is 1. The van der Waals surface area contributed by atoms with E-state index in [4.69, 9.17) is 4.98 Å². The van der Waals surface area contributed by atoms with Crippen LogP contribution in [-0.4, -0.2) is 42.4 Å². The van der Waals surface area contributed by atoms with E-state index in [9.17, 15) is 9.90 Å². The third-order valence-corrected chi connectivity index (χ3v) is 6.43. The van der Waals surface area contributed by atoms with Crippen molar-refractivity contribution in [2.45, 2.75) is 37.8 Å². The fourth-order valence-electron chi connectivity index (χ4n) is 4.37. The third kappa shape index (κ3) is 4.77. The van der Waals surface area contributed by atoms with E-state index in [-0.39, 0.29) is 12.1 Å². The Bertz CT molecular complexity index is 1060. The second kappa shape index (κ2) is 9.14. The van der Waals surface area contributed by atoms with Crippen molar-refractivity contribution in [3.05, 3.63) is 59.1 Å². The highest BCUT2D eigenvalue weighted by atomic mass is 79.9. The number of hydrogen-bond acceptors (Lipinski definition) is 4. The van der Waals surface area contributed by atoms with Gasteiger partial charge in [-0.2, -0.15) is 0 Å². The molecular formula is C24H27BrN4O2. The van der Waals surface area contributed by atoms with E-state index in [0.29, 0.717) is 0 Å². The number of nitrogens with one attached hydrogen (secondary N) is 1. The number of rotatable bonds is 5. The SMILES string of the molecule is CN(C)c1cc(N[C@H]2CC[C@@H](N(C(=O)O)c3ccc(Br)cc3)CC2)nc2ccccc12. The van der Waals surface area contributed by atoms with Gasteiger partial charge >= 0.3 is 6.09 Å². The van der Waals surface area contributed by atoms with Crippen LogP contribution in [0.15, 0.2) is 59.1 Å². The van der Waals surface area contributed by atoms with E-state index >= 15 is 0 Å². The smallest absolute Gasteiger partial charge is 0.412 e. The number of hydrogen-bond donors (Lipinski definition) is 2. The summed E-state index contributed by atoms with van der Waals surface area (Å²) in [6.07, 6.45) is 2.53. The summed E-state index contributed by atoms with van der Waals surface area (Å²) >= 11 is 3.41. The first-order valence-corrected chi connectivity index (χ1v) is 11.3. The maximum Gasteiger partial charge on any atom is 0.412 e. The molecule has 0 unspecified atom stereocenters. The number of pyridine rings is 1. The molecule has 1 aliphatic rings. The Hall–Kier alpha value is -2.80. The van der Waals surface area contributed by atoms with Crippen molar-refractivity contribution < 1.29 is 9.90 Å². The monoisotopic (exact) mass is 482 g/mol. The van der Waals surface area contributed by atoms with Gasteiger partial charge in [0.2, 0.25) is 0 Å².